The van der Waals surface area contributed by atoms with Crippen LogP contribution in [0.3, 0.4) is 0 Å². The summed E-state index contributed by atoms with van der Waals surface area (Å²) in [6.45, 7) is 6.97. The average Bonchev–Trinajstić information content (AvgIpc) is 2.83. The van der Waals surface area contributed by atoms with Crippen molar-refractivity contribution in [2.24, 2.45) is 0 Å². The van der Waals surface area contributed by atoms with E-state index >= 15 is 0 Å². The van der Waals surface area contributed by atoms with Gasteiger partial charge in [-0.05, 0) is 32.8 Å². The number of hydrogen-bond acceptors (Lipinski definition) is 5. The van der Waals surface area contributed by atoms with Gasteiger partial charge in [-0.1, -0.05) is 11.2 Å². The zero-order chi connectivity index (χ0) is 16.3. The molecule has 0 fully saturated rings. The molecule has 0 aliphatic carbocycles. The van der Waals surface area contributed by atoms with Gasteiger partial charge < -0.3 is 14.9 Å². The van der Waals surface area contributed by atoms with E-state index in [-0.39, 0.29) is 12.1 Å². The molecule has 1 amide bonds. The molecule has 0 saturated carbocycles. The molecule has 22 heavy (non-hydrogen) atoms. The third-order valence-corrected chi connectivity index (χ3v) is 3.25. The van der Waals surface area contributed by atoms with Gasteiger partial charge in [0.25, 0.3) is 11.6 Å². The van der Waals surface area contributed by atoms with E-state index in [1.807, 2.05) is 0 Å². The Morgan fingerprint density at radius 3 is 2.86 bits per heavy atom. The second kappa shape index (κ2) is 6.38. The van der Waals surface area contributed by atoms with E-state index in [0.717, 1.165) is 0 Å². The molecule has 1 atom stereocenters. The minimum Gasteiger partial charge on any atom is -0.480 e. The van der Waals surface area contributed by atoms with Gasteiger partial charge in [-0.3, -0.25) is 4.79 Å². The Balaban J connectivity index is 2.34. The van der Waals surface area contributed by atoms with Gasteiger partial charge in [0.1, 0.15) is 6.04 Å². The van der Waals surface area contributed by atoms with E-state index in [2.05, 4.69) is 22.0 Å². The van der Waals surface area contributed by atoms with Gasteiger partial charge in [-0.2, -0.15) is 0 Å². The number of hydrogen-bond donors (Lipinski definition) is 2. The van der Waals surface area contributed by atoms with E-state index in [0.29, 0.717) is 28.8 Å². The lowest BCUT2D eigenvalue weighted by Gasteiger charge is -2.14. The lowest BCUT2D eigenvalue weighted by atomic mass is 10.1. The predicted molar refractivity (Wildman–Crippen MR) is 79.6 cm³/mol. The lowest BCUT2D eigenvalue weighted by molar-refractivity contribution is -0.139. The monoisotopic (exact) mass is 303 g/mol. The first-order valence-electron chi connectivity index (χ1n) is 6.82. The van der Waals surface area contributed by atoms with Crippen LogP contribution in [-0.4, -0.2) is 33.2 Å². The van der Waals surface area contributed by atoms with Gasteiger partial charge >= 0.3 is 5.97 Å². The average molecular weight is 303 g/mol. The number of carbonyl (C=O) groups is 2. The van der Waals surface area contributed by atoms with Crippen LogP contribution in [0.2, 0.25) is 0 Å². The molecule has 2 aromatic heterocycles. The number of aliphatic carboxylic acids is 1. The lowest BCUT2D eigenvalue weighted by Crippen LogP contribution is -2.40. The molecular weight excluding hydrogens is 286 g/mol. The molecule has 2 aromatic rings. The first-order valence-corrected chi connectivity index (χ1v) is 6.82. The Hall–Kier alpha value is -2.70. The summed E-state index contributed by atoms with van der Waals surface area (Å²) >= 11 is 0. The molecule has 2 N–H and O–H groups in total. The Bertz CT molecular complexity index is 736. The fraction of sp³-hybridized carbons (Fsp3) is 0.333. The van der Waals surface area contributed by atoms with Crippen LogP contribution in [-0.2, 0) is 4.79 Å². The summed E-state index contributed by atoms with van der Waals surface area (Å²) in [4.78, 5) is 27.8. The van der Waals surface area contributed by atoms with Crippen molar-refractivity contribution in [2.45, 2.75) is 32.7 Å². The van der Waals surface area contributed by atoms with E-state index in [4.69, 9.17) is 4.52 Å². The summed E-state index contributed by atoms with van der Waals surface area (Å²) in [5.41, 5.74) is 1.70. The molecular formula is C15H17N3O4. The molecule has 116 valence electrons. The third-order valence-electron chi connectivity index (χ3n) is 3.25. The van der Waals surface area contributed by atoms with E-state index in [9.17, 15) is 14.7 Å². The SMILES string of the molecule is C=CCCC(NC(=O)c1cc(C)nc2onc(C)c12)C(=O)O. The number of fused-ring (bicyclic) bond motifs is 1. The molecule has 1 unspecified atom stereocenters. The molecule has 0 aromatic carbocycles. The summed E-state index contributed by atoms with van der Waals surface area (Å²) in [6.07, 6.45) is 2.38. The van der Waals surface area contributed by atoms with Crippen LogP contribution >= 0.6 is 0 Å². The Kier molecular flexibility index (Phi) is 4.55. The quantitative estimate of drug-likeness (QED) is 0.791. The summed E-state index contributed by atoms with van der Waals surface area (Å²) in [7, 11) is 0. The van der Waals surface area contributed by atoms with Crippen molar-refractivity contribution in [1.29, 1.82) is 0 Å². The van der Waals surface area contributed by atoms with Crippen LogP contribution < -0.4 is 5.32 Å². The van der Waals surface area contributed by atoms with Crippen LogP contribution in [0.25, 0.3) is 11.1 Å². The van der Waals surface area contributed by atoms with Crippen molar-refractivity contribution in [3.63, 3.8) is 0 Å². The van der Waals surface area contributed by atoms with Crippen molar-refractivity contribution < 1.29 is 19.2 Å². The highest BCUT2D eigenvalue weighted by Crippen LogP contribution is 2.22. The van der Waals surface area contributed by atoms with Crippen molar-refractivity contribution in [2.75, 3.05) is 0 Å². The maximum absolute atomic E-state index is 12.4. The highest BCUT2D eigenvalue weighted by molar-refractivity contribution is 6.07. The number of aromatic nitrogens is 2. The topological polar surface area (TPSA) is 105 Å². The molecule has 7 nitrogen and oxygen atoms in total. The maximum atomic E-state index is 12.4. The summed E-state index contributed by atoms with van der Waals surface area (Å²) in [5.74, 6) is -1.57. The Morgan fingerprint density at radius 2 is 2.23 bits per heavy atom. The van der Waals surface area contributed by atoms with E-state index < -0.39 is 17.9 Å². The van der Waals surface area contributed by atoms with Gasteiger partial charge in [0.2, 0.25) is 0 Å². The molecule has 2 heterocycles. The zero-order valence-electron chi connectivity index (χ0n) is 12.4. The molecule has 2 rings (SSSR count). The normalized spacial score (nSPS) is 12.1. The largest absolute Gasteiger partial charge is 0.480 e. The molecule has 0 aliphatic rings. The van der Waals surface area contributed by atoms with Gasteiger partial charge in [-0.25, -0.2) is 9.78 Å². The van der Waals surface area contributed by atoms with Crippen molar-refractivity contribution >= 4 is 23.0 Å². The Labute approximate surface area is 127 Å². The van der Waals surface area contributed by atoms with E-state index in [1.165, 1.54) is 0 Å². The van der Waals surface area contributed by atoms with E-state index in [1.54, 1.807) is 26.0 Å². The zero-order valence-corrected chi connectivity index (χ0v) is 12.4. The first kappa shape index (κ1) is 15.7. The van der Waals surface area contributed by atoms with Crippen LogP contribution in [0.1, 0.15) is 34.6 Å². The number of rotatable bonds is 6. The molecule has 0 saturated heterocycles. The van der Waals surface area contributed by atoms with Crippen LogP contribution in [0, 0.1) is 13.8 Å². The Morgan fingerprint density at radius 1 is 1.50 bits per heavy atom. The van der Waals surface area contributed by atoms with Crippen LogP contribution in [0.5, 0.6) is 0 Å². The highest BCUT2D eigenvalue weighted by Gasteiger charge is 2.23. The van der Waals surface area contributed by atoms with Gasteiger partial charge in [0.05, 0.1) is 16.6 Å². The number of carboxylic acid groups (broad SMARTS) is 1. The number of carbonyl (C=O) groups excluding carboxylic acids is 1. The van der Waals surface area contributed by atoms with Gasteiger partial charge in [0.15, 0.2) is 0 Å². The molecule has 0 radical (unpaired) electrons. The van der Waals surface area contributed by atoms with Crippen molar-refractivity contribution in [1.82, 2.24) is 15.5 Å². The van der Waals surface area contributed by atoms with Crippen molar-refractivity contribution in [3.05, 3.63) is 35.7 Å². The fourth-order valence-electron chi connectivity index (χ4n) is 2.17. The minimum absolute atomic E-state index is 0.264. The number of carboxylic acids is 1. The molecule has 0 bridgehead atoms. The number of pyridine rings is 1. The molecule has 0 spiro atoms. The fourth-order valence-corrected chi connectivity index (χ4v) is 2.17. The smallest absolute Gasteiger partial charge is 0.326 e. The predicted octanol–water partition coefficient (Wildman–Crippen LogP) is 1.99. The van der Waals surface area contributed by atoms with Gasteiger partial charge in [0, 0.05) is 5.69 Å². The number of aryl methyl sites for hydroxylation is 2. The van der Waals surface area contributed by atoms with Crippen LogP contribution in [0.4, 0.5) is 0 Å². The number of nitrogens with zero attached hydrogens (tertiary/aromatic N) is 2. The summed E-state index contributed by atoms with van der Waals surface area (Å²) in [6, 6.07) is 0.614. The number of nitrogens with one attached hydrogen (secondary N) is 1. The third kappa shape index (κ3) is 3.13. The van der Waals surface area contributed by atoms with Gasteiger partial charge in [-0.15, -0.1) is 6.58 Å². The minimum atomic E-state index is -1.08. The molecule has 7 heteroatoms. The maximum Gasteiger partial charge on any atom is 0.326 e. The number of allylic oxidation sites excluding steroid dienone is 1. The van der Waals surface area contributed by atoms with Crippen LogP contribution in [0.15, 0.2) is 23.2 Å². The summed E-state index contributed by atoms with van der Waals surface area (Å²) < 4.78 is 5.07. The van der Waals surface area contributed by atoms with Crippen molar-refractivity contribution in [3.8, 4) is 0 Å². The second-order valence-electron chi connectivity index (χ2n) is 4.99. The highest BCUT2D eigenvalue weighted by atomic mass is 16.5. The number of amides is 1. The first-order chi connectivity index (χ1) is 10.4. The standard InChI is InChI=1S/C15H17N3O4/c1-4-5-6-11(15(20)21)17-13(19)10-7-8(2)16-14-12(10)9(3)18-22-14/h4,7,11H,1,5-6H2,2-3H3,(H,17,19)(H,20,21). The molecule has 0 aliphatic heterocycles. The summed E-state index contributed by atoms with van der Waals surface area (Å²) in [5, 5.41) is 16.0. The second-order valence-corrected chi connectivity index (χ2v) is 4.99.